The molecule has 0 aliphatic carbocycles. The van der Waals surface area contributed by atoms with Crippen LogP contribution in [0.25, 0.3) is 0 Å². The number of ether oxygens (including phenoxy) is 2. The molecule has 0 aliphatic heterocycles. The van der Waals surface area contributed by atoms with Crippen LogP contribution in [0.4, 0.5) is 16.2 Å². The lowest BCUT2D eigenvalue weighted by Gasteiger charge is -2.12. The summed E-state index contributed by atoms with van der Waals surface area (Å²) in [5.41, 5.74) is 0.990. The number of urea groups is 1. The number of hydrogen-bond acceptors (Lipinski definition) is 5. The molecule has 0 unspecified atom stereocenters. The quantitative estimate of drug-likeness (QED) is 0.755. The van der Waals surface area contributed by atoms with Crippen LogP contribution in [0.2, 0.25) is 0 Å². The monoisotopic (exact) mass is 406 g/mol. The standard InChI is InChI=1S/C17H15BrN2O5/c1-24-15(21)10-3-8-13(16(22)25-2)14(9-10)20-17(23)19-12-6-4-11(18)5-7-12/h3-9H,1-2H3,(H2,19,20,23). The van der Waals surface area contributed by atoms with Crippen LogP contribution in [0, 0.1) is 0 Å². The highest BCUT2D eigenvalue weighted by Crippen LogP contribution is 2.20. The SMILES string of the molecule is COC(=O)c1ccc(C(=O)OC)c(NC(=O)Nc2ccc(Br)cc2)c1. The van der Waals surface area contributed by atoms with E-state index in [1.165, 1.54) is 32.4 Å². The summed E-state index contributed by atoms with van der Waals surface area (Å²) >= 11 is 3.30. The number of carbonyl (C=O) groups is 3. The van der Waals surface area contributed by atoms with E-state index in [1.54, 1.807) is 24.3 Å². The molecule has 2 amide bonds. The number of methoxy groups -OCH3 is 2. The molecule has 0 aromatic heterocycles. The predicted molar refractivity (Wildman–Crippen MR) is 95.9 cm³/mol. The number of benzene rings is 2. The summed E-state index contributed by atoms with van der Waals surface area (Å²) in [7, 11) is 2.46. The molecule has 130 valence electrons. The van der Waals surface area contributed by atoms with Crippen LogP contribution in [-0.4, -0.2) is 32.2 Å². The Morgan fingerprint density at radius 2 is 1.52 bits per heavy atom. The van der Waals surface area contributed by atoms with E-state index >= 15 is 0 Å². The second-order valence-electron chi connectivity index (χ2n) is 4.83. The third kappa shape index (κ3) is 4.80. The minimum absolute atomic E-state index is 0.112. The van der Waals surface area contributed by atoms with Crippen molar-refractivity contribution in [3.8, 4) is 0 Å². The van der Waals surface area contributed by atoms with Gasteiger partial charge in [0.1, 0.15) is 0 Å². The summed E-state index contributed by atoms with van der Waals surface area (Å²) in [6.07, 6.45) is 0. The van der Waals surface area contributed by atoms with Crippen molar-refractivity contribution >= 4 is 45.3 Å². The summed E-state index contributed by atoms with van der Waals surface area (Å²) in [6, 6.07) is 10.5. The molecule has 0 atom stereocenters. The highest BCUT2D eigenvalue weighted by Gasteiger charge is 2.17. The van der Waals surface area contributed by atoms with Crippen molar-refractivity contribution in [1.82, 2.24) is 0 Å². The summed E-state index contributed by atoms with van der Waals surface area (Å²) < 4.78 is 10.2. The Balaban J connectivity index is 2.25. The first-order chi connectivity index (χ1) is 11.9. The van der Waals surface area contributed by atoms with Crippen molar-refractivity contribution in [3.05, 3.63) is 58.1 Å². The van der Waals surface area contributed by atoms with Gasteiger partial charge >= 0.3 is 18.0 Å². The summed E-state index contributed by atoms with van der Waals surface area (Å²) in [4.78, 5) is 35.7. The molecule has 0 bridgehead atoms. The number of anilines is 2. The molecule has 0 saturated carbocycles. The molecule has 2 N–H and O–H groups in total. The van der Waals surface area contributed by atoms with Crippen LogP contribution in [0.15, 0.2) is 46.9 Å². The van der Waals surface area contributed by atoms with Crippen molar-refractivity contribution in [2.75, 3.05) is 24.9 Å². The number of hydrogen-bond donors (Lipinski definition) is 2. The zero-order valence-electron chi connectivity index (χ0n) is 13.5. The summed E-state index contributed by atoms with van der Waals surface area (Å²) in [6.45, 7) is 0. The fourth-order valence-corrected chi connectivity index (χ4v) is 2.26. The minimum Gasteiger partial charge on any atom is -0.465 e. The molecule has 0 heterocycles. The highest BCUT2D eigenvalue weighted by atomic mass is 79.9. The zero-order chi connectivity index (χ0) is 18.4. The van der Waals surface area contributed by atoms with Crippen LogP contribution in [-0.2, 0) is 9.47 Å². The average molecular weight is 407 g/mol. The maximum atomic E-state index is 12.2. The van der Waals surface area contributed by atoms with Crippen molar-refractivity contribution in [2.45, 2.75) is 0 Å². The second kappa shape index (κ2) is 8.29. The van der Waals surface area contributed by atoms with Crippen molar-refractivity contribution in [1.29, 1.82) is 0 Å². The molecule has 8 heteroatoms. The topological polar surface area (TPSA) is 93.7 Å². The lowest BCUT2D eigenvalue weighted by molar-refractivity contribution is 0.0587. The van der Waals surface area contributed by atoms with Crippen molar-refractivity contribution < 1.29 is 23.9 Å². The van der Waals surface area contributed by atoms with E-state index < -0.39 is 18.0 Å². The molecule has 0 aliphatic rings. The van der Waals surface area contributed by atoms with Crippen molar-refractivity contribution in [3.63, 3.8) is 0 Å². The number of halogens is 1. The number of rotatable bonds is 4. The van der Waals surface area contributed by atoms with E-state index in [1.807, 2.05) is 0 Å². The first kappa shape index (κ1) is 18.5. The smallest absolute Gasteiger partial charge is 0.339 e. The molecule has 0 spiro atoms. The highest BCUT2D eigenvalue weighted by molar-refractivity contribution is 9.10. The minimum atomic E-state index is -0.643. The Bertz CT molecular complexity index is 805. The van der Waals surface area contributed by atoms with Gasteiger partial charge in [0.15, 0.2) is 0 Å². The maximum absolute atomic E-state index is 12.2. The van der Waals surface area contributed by atoms with Gasteiger partial charge < -0.3 is 20.1 Å². The first-order valence-corrected chi connectivity index (χ1v) is 7.88. The molecule has 25 heavy (non-hydrogen) atoms. The largest absolute Gasteiger partial charge is 0.465 e. The lowest BCUT2D eigenvalue weighted by Crippen LogP contribution is -2.21. The van der Waals surface area contributed by atoms with Gasteiger partial charge in [-0.2, -0.15) is 0 Å². The van der Waals surface area contributed by atoms with Gasteiger partial charge in [-0.1, -0.05) is 15.9 Å². The molecule has 2 rings (SSSR count). The molecular formula is C17H15BrN2O5. The van der Waals surface area contributed by atoms with Gasteiger partial charge in [0.25, 0.3) is 0 Å². The van der Waals surface area contributed by atoms with E-state index in [9.17, 15) is 14.4 Å². The molecule has 2 aromatic rings. The van der Waals surface area contributed by atoms with E-state index in [-0.39, 0.29) is 16.8 Å². The molecular weight excluding hydrogens is 392 g/mol. The van der Waals surface area contributed by atoms with Crippen LogP contribution in [0.3, 0.4) is 0 Å². The number of esters is 2. The molecule has 0 saturated heterocycles. The van der Waals surface area contributed by atoms with Gasteiger partial charge in [-0.15, -0.1) is 0 Å². The van der Waals surface area contributed by atoms with Crippen molar-refractivity contribution in [2.24, 2.45) is 0 Å². The first-order valence-electron chi connectivity index (χ1n) is 7.09. The summed E-state index contributed by atoms with van der Waals surface area (Å²) in [5, 5.41) is 5.16. The van der Waals surface area contributed by atoms with Crippen LogP contribution in [0.5, 0.6) is 0 Å². The van der Waals surface area contributed by atoms with E-state index in [0.29, 0.717) is 5.69 Å². The predicted octanol–water partition coefficient (Wildman–Crippen LogP) is 3.67. The van der Waals surface area contributed by atoms with Crippen LogP contribution >= 0.6 is 15.9 Å². The van der Waals surface area contributed by atoms with E-state index in [2.05, 4.69) is 36.0 Å². The van der Waals surface area contributed by atoms with Crippen LogP contribution < -0.4 is 10.6 Å². The summed E-state index contributed by atoms with van der Waals surface area (Å²) in [5.74, 6) is -1.23. The van der Waals surface area contributed by atoms with E-state index in [0.717, 1.165) is 4.47 Å². The normalized spacial score (nSPS) is 9.88. The number of nitrogens with one attached hydrogen (secondary N) is 2. The van der Waals surface area contributed by atoms with Gasteiger partial charge in [0.05, 0.1) is 31.0 Å². The van der Waals surface area contributed by atoms with Gasteiger partial charge in [0, 0.05) is 10.2 Å². The van der Waals surface area contributed by atoms with Gasteiger partial charge in [0.2, 0.25) is 0 Å². The maximum Gasteiger partial charge on any atom is 0.339 e. The third-order valence-corrected chi connectivity index (χ3v) is 3.72. The Labute approximate surface area is 152 Å². The number of carbonyl (C=O) groups excluding carboxylic acids is 3. The lowest BCUT2D eigenvalue weighted by atomic mass is 10.1. The Morgan fingerprint density at radius 1 is 0.880 bits per heavy atom. The molecule has 0 fully saturated rings. The average Bonchev–Trinajstić information content (AvgIpc) is 2.62. The Hall–Kier alpha value is -2.87. The van der Waals surface area contributed by atoms with Gasteiger partial charge in [-0.25, -0.2) is 14.4 Å². The van der Waals surface area contributed by atoms with E-state index in [4.69, 9.17) is 0 Å². The number of amides is 2. The Kier molecular flexibility index (Phi) is 6.13. The van der Waals surface area contributed by atoms with Crippen LogP contribution in [0.1, 0.15) is 20.7 Å². The second-order valence-corrected chi connectivity index (χ2v) is 5.75. The fraction of sp³-hybridized carbons (Fsp3) is 0.118. The Morgan fingerprint density at radius 3 is 2.12 bits per heavy atom. The van der Waals surface area contributed by atoms with Gasteiger partial charge in [-0.3, -0.25) is 0 Å². The fourth-order valence-electron chi connectivity index (χ4n) is 2.00. The molecule has 2 aromatic carbocycles. The van der Waals surface area contributed by atoms with Gasteiger partial charge in [-0.05, 0) is 42.5 Å². The molecule has 7 nitrogen and oxygen atoms in total. The zero-order valence-corrected chi connectivity index (χ0v) is 15.0. The third-order valence-electron chi connectivity index (χ3n) is 3.20. The molecule has 0 radical (unpaired) electrons.